The molecule has 7 unspecified atom stereocenters. The maximum absolute atomic E-state index is 13.6. The highest BCUT2D eigenvalue weighted by Crippen LogP contribution is 2.50. The van der Waals surface area contributed by atoms with E-state index in [-0.39, 0.29) is 35.9 Å². The molecule has 5 N–H and O–H groups in total. The molecule has 33 heavy (non-hydrogen) atoms. The number of hydrogen-bond acceptors (Lipinski definition) is 9. The average molecular weight is 467 g/mol. The van der Waals surface area contributed by atoms with Crippen LogP contribution in [-0.4, -0.2) is 67.8 Å². The lowest BCUT2D eigenvalue weighted by molar-refractivity contribution is -0.239. The summed E-state index contributed by atoms with van der Waals surface area (Å²) in [6.45, 7) is 7.14. The maximum atomic E-state index is 13.6. The van der Waals surface area contributed by atoms with E-state index in [2.05, 4.69) is 0 Å². The van der Waals surface area contributed by atoms with Crippen molar-refractivity contribution in [2.75, 3.05) is 0 Å². The van der Waals surface area contributed by atoms with Crippen LogP contribution in [0.2, 0.25) is 0 Å². The first-order valence-electron chi connectivity index (χ1n) is 11.5. The standard InChI is InChI=1S/C24H34O9/c1-5-7-12(16-9-17(26)24(23(31)32-16)18(6-2)33-24)20(28)14-8-13(19(27)11(3)4)21(29)15(10-25)22(14)30/h8,10-12,16-19,23,26-27,29-31H,5-7,9H2,1-4H3. The number of benzene rings is 1. The van der Waals surface area contributed by atoms with E-state index in [1.807, 2.05) is 13.8 Å². The molecule has 0 aromatic heterocycles. The van der Waals surface area contributed by atoms with Crippen LogP contribution in [0.15, 0.2) is 6.07 Å². The van der Waals surface area contributed by atoms with Gasteiger partial charge in [0.25, 0.3) is 0 Å². The largest absolute Gasteiger partial charge is 0.507 e. The SMILES string of the molecule is CCCC(C(=O)c1cc(C(O)C(C)C)c(O)c(C=O)c1O)C1CC(O)C2(OC2CC)C(O)O1. The number of aromatic hydroxyl groups is 2. The van der Waals surface area contributed by atoms with Crippen molar-refractivity contribution in [3.05, 3.63) is 22.8 Å². The Balaban J connectivity index is 1.98. The van der Waals surface area contributed by atoms with Gasteiger partial charge in [0.05, 0.1) is 35.5 Å². The molecular formula is C24H34O9. The highest BCUT2D eigenvalue weighted by atomic mass is 16.7. The summed E-state index contributed by atoms with van der Waals surface area (Å²) >= 11 is 0. The highest BCUT2D eigenvalue weighted by Gasteiger charge is 2.68. The van der Waals surface area contributed by atoms with Gasteiger partial charge in [-0.2, -0.15) is 0 Å². The van der Waals surface area contributed by atoms with E-state index >= 15 is 0 Å². The van der Waals surface area contributed by atoms with Gasteiger partial charge >= 0.3 is 0 Å². The van der Waals surface area contributed by atoms with E-state index in [1.54, 1.807) is 13.8 Å². The number of phenolic OH excluding ortho intramolecular Hbond substituents is 2. The molecule has 184 valence electrons. The van der Waals surface area contributed by atoms with E-state index < -0.39 is 59.0 Å². The second-order valence-electron chi connectivity index (χ2n) is 9.34. The van der Waals surface area contributed by atoms with Gasteiger partial charge in [0.2, 0.25) is 0 Å². The Bertz CT molecular complexity index is 884. The van der Waals surface area contributed by atoms with Crippen LogP contribution in [-0.2, 0) is 9.47 Å². The predicted octanol–water partition coefficient (Wildman–Crippen LogP) is 2.21. The average Bonchev–Trinajstić information content (AvgIpc) is 3.51. The van der Waals surface area contributed by atoms with Crippen LogP contribution in [0.3, 0.4) is 0 Å². The zero-order chi connectivity index (χ0) is 24.7. The summed E-state index contributed by atoms with van der Waals surface area (Å²) in [6, 6.07) is 1.20. The summed E-state index contributed by atoms with van der Waals surface area (Å²) in [7, 11) is 0. The van der Waals surface area contributed by atoms with Crippen molar-refractivity contribution in [1.82, 2.24) is 0 Å². The van der Waals surface area contributed by atoms with Crippen molar-refractivity contribution < 1.29 is 44.6 Å². The number of Topliss-reactive ketones (excluding diaryl/α,β-unsaturated/α-hetero) is 1. The van der Waals surface area contributed by atoms with Gasteiger partial charge < -0.3 is 35.0 Å². The number of aliphatic hydroxyl groups is 3. The molecule has 0 bridgehead atoms. The lowest BCUT2D eigenvalue weighted by Gasteiger charge is -2.39. The summed E-state index contributed by atoms with van der Waals surface area (Å²) < 4.78 is 11.3. The normalized spacial score (nSPS) is 30.9. The third-order valence-electron chi connectivity index (χ3n) is 6.89. The minimum atomic E-state index is -1.42. The van der Waals surface area contributed by atoms with E-state index in [9.17, 15) is 35.1 Å². The molecule has 9 nitrogen and oxygen atoms in total. The number of hydrogen-bond donors (Lipinski definition) is 5. The van der Waals surface area contributed by atoms with Crippen molar-refractivity contribution in [3.8, 4) is 11.5 Å². The summed E-state index contributed by atoms with van der Waals surface area (Å²) in [4.78, 5) is 25.1. The van der Waals surface area contributed by atoms with Crippen LogP contribution in [0.5, 0.6) is 11.5 Å². The van der Waals surface area contributed by atoms with E-state index in [0.717, 1.165) is 0 Å². The van der Waals surface area contributed by atoms with Crippen molar-refractivity contribution in [2.24, 2.45) is 11.8 Å². The Labute approximate surface area is 193 Å². The van der Waals surface area contributed by atoms with Crippen LogP contribution < -0.4 is 0 Å². The van der Waals surface area contributed by atoms with Gasteiger partial charge in [-0.25, -0.2) is 0 Å². The van der Waals surface area contributed by atoms with Crippen LogP contribution >= 0.6 is 0 Å². The monoisotopic (exact) mass is 466 g/mol. The number of aldehydes is 1. The van der Waals surface area contributed by atoms with Crippen molar-refractivity contribution in [1.29, 1.82) is 0 Å². The van der Waals surface area contributed by atoms with E-state index in [1.165, 1.54) is 6.07 Å². The lowest BCUT2D eigenvalue weighted by Crippen LogP contribution is -2.55. The van der Waals surface area contributed by atoms with Gasteiger partial charge in [0, 0.05) is 17.9 Å². The number of carbonyl (C=O) groups excluding carboxylic acids is 2. The molecule has 7 atom stereocenters. The number of aliphatic hydroxyl groups excluding tert-OH is 3. The van der Waals surface area contributed by atoms with Crippen LogP contribution in [0.4, 0.5) is 0 Å². The van der Waals surface area contributed by atoms with Crippen LogP contribution in [0.25, 0.3) is 0 Å². The molecule has 2 heterocycles. The Morgan fingerprint density at radius 3 is 2.39 bits per heavy atom. The molecular weight excluding hydrogens is 432 g/mol. The topological polar surface area (TPSA) is 157 Å². The summed E-state index contributed by atoms with van der Waals surface area (Å²) in [6.07, 6.45) is -3.05. The lowest BCUT2D eigenvalue weighted by atomic mass is 9.80. The number of rotatable bonds is 9. The minimum absolute atomic E-state index is 0.0377. The first-order chi connectivity index (χ1) is 15.5. The molecule has 0 aliphatic carbocycles. The number of ether oxygens (including phenoxy) is 2. The van der Waals surface area contributed by atoms with Crippen LogP contribution in [0, 0.1) is 11.8 Å². The van der Waals surface area contributed by atoms with Crippen molar-refractivity contribution in [3.63, 3.8) is 0 Å². The van der Waals surface area contributed by atoms with Gasteiger partial charge in [0.1, 0.15) is 11.5 Å². The summed E-state index contributed by atoms with van der Waals surface area (Å²) in [5.74, 6) is -3.01. The molecule has 1 aromatic rings. The van der Waals surface area contributed by atoms with E-state index in [0.29, 0.717) is 19.3 Å². The molecule has 0 amide bonds. The van der Waals surface area contributed by atoms with Gasteiger partial charge in [-0.3, -0.25) is 9.59 Å². The molecule has 0 saturated carbocycles. The summed E-state index contributed by atoms with van der Waals surface area (Å²) in [5.41, 5.74) is -1.94. The first-order valence-corrected chi connectivity index (χ1v) is 11.5. The number of epoxide rings is 1. The van der Waals surface area contributed by atoms with Gasteiger partial charge in [-0.1, -0.05) is 34.1 Å². The first kappa shape index (κ1) is 25.6. The third kappa shape index (κ3) is 4.28. The fourth-order valence-electron chi connectivity index (χ4n) is 4.87. The Morgan fingerprint density at radius 2 is 1.91 bits per heavy atom. The minimum Gasteiger partial charge on any atom is -0.507 e. The molecule has 1 spiro atoms. The van der Waals surface area contributed by atoms with Crippen molar-refractivity contribution >= 4 is 12.1 Å². The van der Waals surface area contributed by atoms with Gasteiger partial charge in [-0.15, -0.1) is 0 Å². The molecule has 0 radical (unpaired) electrons. The smallest absolute Gasteiger partial charge is 0.189 e. The van der Waals surface area contributed by atoms with E-state index in [4.69, 9.17) is 9.47 Å². The predicted molar refractivity (Wildman–Crippen MR) is 117 cm³/mol. The van der Waals surface area contributed by atoms with Crippen molar-refractivity contribution in [2.45, 2.75) is 89.7 Å². The Kier molecular flexibility index (Phi) is 7.50. The number of carbonyl (C=O) groups is 2. The molecule has 1 aromatic carbocycles. The second-order valence-corrected chi connectivity index (χ2v) is 9.34. The fraction of sp³-hybridized carbons (Fsp3) is 0.667. The quantitative estimate of drug-likeness (QED) is 0.209. The zero-order valence-electron chi connectivity index (χ0n) is 19.4. The molecule has 2 aliphatic rings. The molecule has 2 fully saturated rings. The number of ketones is 1. The Hall–Kier alpha value is -2.04. The zero-order valence-corrected chi connectivity index (χ0v) is 19.4. The second kappa shape index (κ2) is 9.68. The molecule has 2 saturated heterocycles. The Morgan fingerprint density at radius 1 is 1.24 bits per heavy atom. The molecule has 2 aliphatic heterocycles. The van der Waals surface area contributed by atoms with Gasteiger partial charge in [-0.05, 0) is 24.8 Å². The highest BCUT2D eigenvalue weighted by molar-refractivity contribution is 6.04. The molecule has 9 heteroatoms. The number of phenols is 2. The fourth-order valence-corrected chi connectivity index (χ4v) is 4.87. The maximum Gasteiger partial charge on any atom is 0.189 e. The van der Waals surface area contributed by atoms with Crippen LogP contribution in [0.1, 0.15) is 85.8 Å². The van der Waals surface area contributed by atoms with Gasteiger partial charge in [0.15, 0.2) is 24.0 Å². The summed E-state index contributed by atoms with van der Waals surface area (Å²) in [5, 5.41) is 52.8. The third-order valence-corrected chi connectivity index (χ3v) is 6.89. The molecule has 3 rings (SSSR count).